The van der Waals surface area contributed by atoms with Gasteiger partial charge in [0.25, 0.3) is 0 Å². The molecule has 96 valence electrons. The molecule has 2 aromatic heterocycles. The number of aryl methyl sites for hydroxylation is 1. The number of rotatable bonds is 2. The van der Waals surface area contributed by atoms with Gasteiger partial charge in [-0.05, 0) is 37.3 Å². The number of imidazole rings is 1. The van der Waals surface area contributed by atoms with E-state index in [-0.39, 0.29) is 0 Å². The molecule has 2 N–H and O–H groups in total. The lowest BCUT2D eigenvalue weighted by Gasteiger charge is -2.00. The Kier molecular flexibility index (Phi) is 3.09. The minimum absolute atomic E-state index is 0.603. The van der Waals surface area contributed by atoms with E-state index >= 15 is 0 Å². The number of halogens is 2. The number of hydrogen-bond donors (Lipinski definition) is 2. The minimum atomic E-state index is 0.603. The van der Waals surface area contributed by atoms with Crippen molar-refractivity contribution in [3.63, 3.8) is 0 Å². The van der Waals surface area contributed by atoms with Gasteiger partial charge in [0.2, 0.25) is 0 Å². The van der Waals surface area contributed by atoms with Gasteiger partial charge in [0.05, 0.1) is 11.4 Å². The van der Waals surface area contributed by atoms with E-state index in [1.54, 1.807) is 6.07 Å². The van der Waals surface area contributed by atoms with Gasteiger partial charge in [-0.1, -0.05) is 23.2 Å². The predicted octanol–water partition coefficient (Wildman–Crippen LogP) is 4.69. The molecule has 0 saturated heterocycles. The molecule has 0 amide bonds. The monoisotopic (exact) mass is 291 g/mol. The van der Waals surface area contributed by atoms with Crippen LogP contribution < -0.4 is 0 Å². The molecule has 0 aliphatic carbocycles. The van der Waals surface area contributed by atoms with Crippen LogP contribution in [0.1, 0.15) is 5.69 Å². The lowest BCUT2D eigenvalue weighted by molar-refractivity contribution is 1.22. The molecule has 0 atom stereocenters. The van der Waals surface area contributed by atoms with Crippen molar-refractivity contribution in [2.75, 3.05) is 0 Å². The Balaban J connectivity index is 2.10. The Hall–Kier alpha value is -1.71. The summed E-state index contributed by atoms with van der Waals surface area (Å²) in [5.41, 5.74) is 3.68. The number of benzene rings is 1. The summed E-state index contributed by atoms with van der Waals surface area (Å²) in [6, 6.07) is 9.32. The normalized spacial score (nSPS) is 10.9. The molecule has 0 aliphatic rings. The van der Waals surface area contributed by atoms with E-state index in [2.05, 4.69) is 15.0 Å². The molecule has 3 aromatic rings. The standard InChI is InChI=1S/C14H11Cl2N3/c1-8-13(9-5-10(15)7-11(16)6-9)19-14(18-8)12-3-2-4-17-12/h2-7,17H,1H3,(H,18,19). The molecule has 2 heterocycles. The molecule has 0 aliphatic heterocycles. The van der Waals surface area contributed by atoms with Gasteiger partial charge >= 0.3 is 0 Å². The second kappa shape index (κ2) is 4.76. The molecular formula is C14H11Cl2N3. The third-order valence-electron chi connectivity index (χ3n) is 2.87. The largest absolute Gasteiger partial charge is 0.359 e. The van der Waals surface area contributed by atoms with Crippen LogP contribution in [-0.2, 0) is 0 Å². The van der Waals surface area contributed by atoms with E-state index < -0.39 is 0 Å². The van der Waals surface area contributed by atoms with Crippen molar-refractivity contribution in [1.82, 2.24) is 15.0 Å². The van der Waals surface area contributed by atoms with Crippen molar-refractivity contribution in [1.29, 1.82) is 0 Å². The Morgan fingerprint density at radius 1 is 1.11 bits per heavy atom. The fourth-order valence-electron chi connectivity index (χ4n) is 2.04. The average molecular weight is 292 g/mol. The number of nitrogens with zero attached hydrogens (tertiary/aromatic N) is 1. The van der Waals surface area contributed by atoms with Crippen LogP contribution in [0.3, 0.4) is 0 Å². The van der Waals surface area contributed by atoms with Gasteiger partial charge in [0, 0.05) is 27.5 Å². The Morgan fingerprint density at radius 3 is 2.47 bits per heavy atom. The van der Waals surface area contributed by atoms with Crippen LogP contribution >= 0.6 is 23.2 Å². The maximum absolute atomic E-state index is 6.03. The van der Waals surface area contributed by atoms with Crippen molar-refractivity contribution in [3.05, 3.63) is 52.3 Å². The maximum atomic E-state index is 6.03. The molecule has 0 spiro atoms. The van der Waals surface area contributed by atoms with Crippen LogP contribution in [-0.4, -0.2) is 15.0 Å². The molecule has 1 aromatic carbocycles. The quantitative estimate of drug-likeness (QED) is 0.707. The van der Waals surface area contributed by atoms with Crippen molar-refractivity contribution in [3.8, 4) is 22.8 Å². The maximum Gasteiger partial charge on any atom is 0.154 e. The fraction of sp³-hybridized carbons (Fsp3) is 0.0714. The minimum Gasteiger partial charge on any atom is -0.359 e. The predicted molar refractivity (Wildman–Crippen MR) is 78.6 cm³/mol. The van der Waals surface area contributed by atoms with Gasteiger partial charge in [0.15, 0.2) is 5.82 Å². The first kappa shape index (κ1) is 12.3. The van der Waals surface area contributed by atoms with Crippen LogP contribution in [0.4, 0.5) is 0 Å². The van der Waals surface area contributed by atoms with E-state index in [9.17, 15) is 0 Å². The van der Waals surface area contributed by atoms with Crippen LogP contribution in [0.15, 0.2) is 36.5 Å². The topological polar surface area (TPSA) is 44.5 Å². The zero-order chi connectivity index (χ0) is 13.4. The third-order valence-corrected chi connectivity index (χ3v) is 3.31. The van der Waals surface area contributed by atoms with E-state index in [1.807, 2.05) is 37.4 Å². The summed E-state index contributed by atoms with van der Waals surface area (Å²) in [6.07, 6.45) is 1.86. The van der Waals surface area contributed by atoms with E-state index in [1.165, 1.54) is 0 Å². The van der Waals surface area contributed by atoms with Gasteiger partial charge < -0.3 is 9.97 Å². The number of aromatic nitrogens is 3. The van der Waals surface area contributed by atoms with E-state index in [0.717, 1.165) is 28.5 Å². The highest BCUT2D eigenvalue weighted by molar-refractivity contribution is 6.35. The first-order chi connectivity index (χ1) is 9.13. The van der Waals surface area contributed by atoms with Crippen LogP contribution in [0.25, 0.3) is 22.8 Å². The Morgan fingerprint density at radius 2 is 1.84 bits per heavy atom. The first-order valence-electron chi connectivity index (χ1n) is 5.80. The molecule has 5 heteroatoms. The summed E-state index contributed by atoms with van der Waals surface area (Å²) < 4.78 is 0. The molecule has 0 fully saturated rings. The fourth-order valence-corrected chi connectivity index (χ4v) is 2.56. The average Bonchev–Trinajstić information content (AvgIpc) is 2.95. The SMILES string of the molecule is Cc1[nH]c(-c2ccc[nH]2)nc1-c1cc(Cl)cc(Cl)c1. The lowest BCUT2D eigenvalue weighted by Crippen LogP contribution is -1.82. The van der Waals surface area contributed by atoms with Gasteiger partial charge in [-0.15, -0.1) is 0 Å². The number of aromatic amines is 2. The summed E-state index contributed by atoms with van der Waals surface area (Å²) in [4.78, 5) is 11.0. The van der Waals surface area contributed by atoms with Crippen molar-refractivity contribution in [2.24, 2.45) is 0 Å². The van der Waals surface area contributed by atoms with Crippen LogP contribution in [0.2, 0.25) is 10.0 Å². The molecular weight excluding hydrogens is 281 g/mol. The van der Waals surface area contributed by atoms with Crippen molar-refractivity contribution in [2.45, 2.75) is 6.92 Å². The number of H-pyrrole nitrogens is 2. The Labute approximate surface area is 120 Å². The molecule has 19 heavy (non-hydrogen) atoms. The molecule has 0 unspecified atom stereocenters. The summed E-state index contributed by atoms with van der Waals surface area (Å²) in [5.74, 6) is 0.800. The second-order valence-electron chi connectivity index (χ2n) is 4.30. The smallest absolute Gasteiger partial charge is 0.154 e. The van der Waals surface area contributed by atoms with Gasteiger partial charge in [0.1, 0.15) is 0 Å². The lowest BCUT2D eigenvalue weighted by atomic mass is 10.1. The van der Waals surface area contributed by atoms with Crippen LogP contribution in [0, 0.1) is 6.92 Å². The van der Waals surface area contributed by atoms with Gasteiger partial charge in [-0.2, -0.15) is 0 Å². The molecule has 0 saturated carbocycles. The zero-order valence-corrected chi connectivity index (χ0v) is 11.7. The summed E-state index contributed by atoms with van der Waals surface area (Å²) in [5, 5.41) is 1.21. The van der Waals surface area contributed by atoms with Gasteiger partial charge in [-0.3, -0.25) is 0 Å². The molecule has 3 nitrogen and oxygen atoms in total. The molecule has 0 radical (unpaired) electrons. The van der Waals surface area contributed by atoms with Crippen molar-refractivity contribution < 1.29 is 0 Å². The summed E-state index contributed by atoms with van der Waals surface area (Å²) in [6.45, 7) is 1.98. The zero-order valence-electron chi connectivity index (χ0n) is 10.2. The highest BCUT2D eigenvalue weighted by Crippen LogP contribution is 2.29. The van der Waals surface area contributed by atoms with E-state index in [0.29, 0.717) is 10.0 Å². The summed E-state index contributed by atoms with van der Waals surface area (Å²) >= 11 is 12.1. The third kappa shape index (κ3) is 2.39. The van der Waals surface area contributed by atoms with Crippen LogP contribution in [0.5, 0.6) is 0 Å². The highest BCUT2D eigenvalue weighted by Gasteiger charge is 2.12. The highest BCUT2D eigenvalue weighted by atomic mass is 35.5. The Bertz CT molecular complexity index is 694. The van der Waals surface area contributed by atoms with Crippen molar-refractivity contribution >= 4 is 23.2 Å². The molecule has 3 rings (SSSR count). The number of hydrogen-bond acceptors (Lipinski definition) is 1. The summed E-state index contributed by atoms with van der Waals surface area (Å²) in [7, 11) is 0. The second-order valence-corrected chi connectivity index (χ2v) is 5.17. The van der Waals surface area contributed by atoms with Gasteiger partial charge in [-0.25, -0.2) is 4.98 Å². The van der Waals surface area contributed by atoms with E-state index in [4.69, 9.17) is 23.2 Å². The first-order valence-corrected chi connectivity index (χ1v) is 6.56. The number of nitrogens with one attached hydrogen (secondary N) is 2. The molecule has 0 bridgehead atoms.